The second kappa shape index (κ2) is 7.87. The summed E-state index contributed by atoms with van der Waals surface area (Å²) in [6.45, 7) is 8.15. The zero-order valence-corrected chi connectivity index (χ0v) is 12.9. The third-order valence-corrected chi connectivity index (χ3v) is 3.03. The monoisotopic (exact) mass is 296 g/mol. The Morgan fingerprint density at radius 3 is 2.75 bits per heavy atom. The van der Waals surface area contributed by atoms with E-state index in [0.717, 1.165) is 30.0 Å². The molecule has 2 aromatic heterocycles. The summed E-state index contributed by atoms with van der Waals surface area (Å²) in [7, 11) is 0. The average Bonchev–Trinajstić information content (AvgIpc) is 2.72. The summed E-state index contributed by atoms with van der Waals surface area (Å²) in [5, 5.41) is 10.6. The van der Waals surface area contributed by atoms with Gasteiger partial charge in [-0.25, -0.2) is 4.98 Å². The second-order valence-electron chi connectivity index (χ2n) is 4.42. The Balaban J connectivity index is 0.00000200. The van der Waals surface area contributed by atoms with Crippen molar-refractivity contribution in [2.75, 3.05) is 6.61 Å². The third kappa shape index (κ3) is 3.95. The van der Waals surface area contributed by atoms with Gasteiger partial charge < -0.3 is 10.1 Å². The molecule has 0 aliphatic rings. The molecular formula is C14H21ClN4O. The van der Waals surface area contributed by atoms with Gasteiger partial charge in [0.15, 0.2) is 0 Å². The Hall–Kier alpha value is -1.59. The summed E-state index contributed by atoms with van der Waals surface area (Å²) in [4.78, 5) is 4.24. The van der Waals surface area contributed by atoms with Gasteiger partial charge in [-0.2, -0.15) is 5.10 Å². The highest BCUT2D eigenvalue weighted by Gasteiger charge is 2.07. The Morgan fingerprint density at radius 1 is 1.30 bits per heavy atom. The van der Waals surface area contributed by atoms with Crippen molar-refractivity contribution in [1.29, 1.82) is 0 Å². The number of rotatable bonds is 6. The first kappa shape index (κ1) is 16.5. The Bertz CT molecular complexity index is 522. The van der Waals surface area contributed by atoms with Crippen molar-refractivity contribution in [1.82, 2.24) is 20.5 Å². The molecule has 0 amide bonds. The van der Waals surface area contributed by atoms with Crippen LogP contribution in [-0.2, 0) is 13.1 Å². The van der Waals surface area contributed by atoms with Crippen LogP contribution in [-0.4, -0.2) is 21.8 Å². The molecule has 0 saturated heterocycles. The zero-order valence-electron chi connectivity index (χ0n) is 12.1. The lowest BCUT2D eigenvalue weighted by Crippen LogP contribution is -2.15. The summed E-state index contributed by atoms with van der Waals surface area (Å²) in [6.07, 6.45) is 1.75. The fourth-order valence-corrected chi connectivity index (χ4v) is 1.98. The molecule has 6 heteroatoms. The predicted molar refractivity (Wildman–Crippen MR) is 81.3 cm³/mol. The molecule has 0 saturated carbocycles. The van der Waals surface area contributed by atoms with Gasteiger partial charge in [0.25, 0.3) is 0 Å². The van der Waals surface area contributed by atoms with Gasteiger partial charge in [0.1, 0.15) is 0 Å². The lowest BCUT2D eigenvalue weighted by Gasteiger charge is -2.09. The molecule has 110 valence electrons. The fourth-order valence-electron chi connectivity index (χ4n) is 1.98. The van der Waals surface area contributed by atoms with E-state index >= 15 is 0 Å². The van der Waals surface area contributed by atoms with Crippen molar-refractivity contribution >= 4 is 12.4 Å². The standard InChI is InChI=1S/C14H20N4O.ClH/c1-4-19-14-12(6-5-7-16-14)8-15-9-13-10(2)17-18-11(13)3;/h5-7,15H,4,8-9H2,1-3H3,(H,17,18);1H. The average molecular weight is 297 g/mol. The fraction of sp³-hybridized carbons (Fsp3) is 0.429. The Morgan fingerprint density at radius 2 is 2.10 bits per heavy atom. The Labute approximate surface area is 125 Å². The molecule has 2 rings (SSSR count). The lowest BCUT2D eigenvalue weighted by molar-refractivity contribution is 0.322. The van der Waals surface area contributed by atoms with E-state index in [-0.39, 0.29) is 12.4 Å². The number of aromatic nitrogens is 3. The van der Waals surface area contributed by atoms with Crippen molar-refractivity contribution in [2.45, 2.75) is 33.9 Å². The van der Waals surface area contributed by atoms with Gasteiger partial charge in [-0.05, 0) is 26.8 Å². The van der Waals surface area contributed by atoms with E-state index in [0.29, 0.717) is 12.5 Å². The maximum atomic E-state index is 5.50. The minimum absolute atomic E-state index is 0. The lowest BCUT2D eigenvalue weighted by atomic mass is 10.2. The first-order valence-corrected chi connectivity index (χ1v) is 6.50. The molecule has 0 bridgehead atoms. The molecule has 0 aliphatic heterocycles. The number of nitrogens with zero attached hydrogens (tertiary/aromatic N) is 2. The highest BCUT2D eigenvalue weighted by atomic mass is 35.5. The minimum atomic E-state index is 0. The van der Waals surface area contributed by atoms with E-state index in [1.54, 1.807) is 6.20 Å². The summed E-state index contributed by atoms with van der Waals surface area (Å²) in [6, 6.07) is 3.95. The maximum absolute atomic E-state index is 5.50. The number of hydrogen-bond donors (Lipinski definition) is 2. The van der Waals surface area contributed by atoms with E-state index in [9.17, 15) is 0 Å². The van der Waals surface area contributed by atoms with Gasteiger partial charge in [0.05, 0.1) is 12.3 Å². The highest BCUT2D eigenvalue weighted by Crippen LogP contribution is 2.14. The highest BCUT2D eigenvalue weighted by molar-refractivity contribution is 5.85. The van der Waals surface area contributed by atoms with Crippen molar-refractivity contribution < 1.29 is 4.74 Å². The van der Waals surface area contributed by atoms with Crippen LogP contribution < -0.4 is 10.1 Å². The summed E-state index contributed by atoms with van der Waals surface area (Å²) in [5.41, 5.74) is 4.45. The zero-order chi connectivity index (χ0) is 13.7. The summed E-state index contributed by atoms with van der Waals surface area (Å²) < 4.78 is 5.50. The molecule has 2 heterocycles. The van der Waals surface area contributed by atoms with E-state index in [4.69, 9.17) is 4.74 Å². The predicted octanol–water partition coefficient (Wildman–Crippen LogP) is 2.53. The largest absolute Gasteiger partial charge is 0.478 e. The van der Waals surface area contributed by atoms with Gasteiger partial charge in [-0.1, -0.05) is 6.07 Å². The van der Waals surface area contributed by atoms with E-state index < -0.39 is 0 Å². The van der Waals surface area contributed by atoms with Crippen LogP contribution in [0.15, 0.2) is 18.3 Å². The van der Waals surface area contributed by atoms with Gasteiger partial charge >= 0.3 is 0 Å². The van der Waals surface area contributed by atoms with Crippen LogP contribution >= 0.6 is 12.4 Å². The first-order chi connectivity index (χ1) is 9.22. The van der Waals surface area contributed by atoms with Crippen molar-refractivity contribution in [3.63, 3.8) is 0 Å². The van der Waals surface area contributed by atoms with E-state index in [2.05, 4.69) is 20.5 Å². The van der Waals surface area contributed by atoms with Crippen LogP contribution in [0.4, 0.5) is 0 Å². The SMILES string of the molecule is CCOc1ncccc1CNCc1c(C)n[nH]c1C.Cl. The molecule has 5 nitrogen and oxygen atoms in total. The van der Waals surface area contributed by atoms with Crippen LogP contribution in [0.3, 0.4) is 0 Å². The molecule has 0 unspecified atom stereocenters. The van der Waals surface area contributed by atoms with Crippen molar-refractivity contribution in [3.8, 4) is 5.88 Å². The minimum Gasteiger partial charge on any atom is -0.478 e. The molecule has 0 atom stereocenters. The van der Waals surface area contributed by atoms with Crippen molar-refractivity contribution in [2.24, 2.45) is 0 Å². The molecule has 2 aromatic rings. The molecule has 20 heavy (non-hydrogen) atoms. The van der Waals surface area contributed by atoms with Crippen LogP contribution in [0.2, 0.25) is 0 Å². The van der Waals surface area contributed by atoms with Crippen LogP contribution in [0.25, 0.3) is 0 Å². The number of pyridine rings is 1. The number of aromatic amines is 1. The Kier molecular flexibility index (Phi) is 6.48. The number of hydrogen-bond acceptors (Lipinski definition) is 4. The van der Waals surface area contributed by atoms with Gasteiger partial charge in [0, 0.05) is 36.1 Å². The number of H-pyrrole nitrogens is 1. The van der Waals surface area contributed by atoms with Crippen LogP contribution in [0.1, 0.15) is 29.4 Å². The van der Waals surface area contributed by atoms with E-state index in [1.165, 1.54) is 5.56 Å². The normalized spacial score (nSPS) is 10.2. The van der Waals surface area contributed by atoms with E-state index in [1.807, 2.05) is 32.9 Å². The molecular weight excluding hydrogens is 276 g/mol. The van der Waals surface area contributed by atoms with Gasteiger partial charge in [0.2, 0.25) is 5.88 Å². The van der Waals surface area contributed by atoms with Crippen molar-refractivity contribution in [3.05, 3.63) is 40.8 Å². The quantitative estimate of drug-likeness (QED) is 0.860. The molecule has 0 radical (unpaired) electrons. The van der Waals surface area contributed by atoms with Gasteiger partial charge in [-0.3, -0.25) is 5.10 Å². The first-order valence-electron chi connectivity index (χ1n) is 6.50. The number of nitrogens with one attached hydrogen (secondary N) is 2. The van der Waals surface area contributed by atoms with Crippen LogP contribution in [0.5, 0.6) is 5.88 Å². The summed E-state index contributed by atoms with van der Waals surface area (Å²) >= 11 is 0. The summed E-state index contributed by atoms with van der Waals surface area (Å²) in [5.74, 6) is 0.707. The van der Waals surface area contributed by atoms with Gasteiger partial charge in [-0.15, -0.1) is 12.4 Å². The molecule has 0 spiro atoms. The third-order valence-electron chi connectivity index (χ3n) is 3.03. The topological polar surface area (TPSA) is 62.8 Å². The molecule has 0 aliphatic carbocycles. The maximum Gasteiger partial charge on any atom is 0.217 e. The van der Waals surface area contributed by atoms with Crippen LogP contribution in [0, 0.1) is 13.8 Å². The second-order valence-corrected chi connectivity index (χ2v) is 4.42. The molecule has 0 fully saturated rings. The smallest absolute Gasteiger partial charge is 0.217 e. The number of aryl methyl sites for hydroxylation is 2. The number of ether oxygens (including phenoxy) is 1. The molecule has 0 aromatic carbocycles. The molecule has 2 N–H and O–H groups in total. The number of halogens is 1.